The zero-order valence-electron chi connectivity index (χ0n) is 14.9. The maximum absolute atomic E-state index is 6.04. The minimum Gasteiger partial charge on any atom is -0.496 e. The molecule has 0 bridgehead atoms. The molecule has 0 saturated carbocycles. The molecule has 24 heavy (non-hydrogen) atoms. The van der Waals surface area contributed by atoms with Crippen LogP contribution in [0.4, 0.5) is 5.69 Å². The number of anilines is 1. The molecule has 0 heterocycles. The second kappa shape index (κ2) is 8.39. The van der Waals surface area contributed by atoms with Gasteiger partial charge in [-0.2, -0.15) is 0 Å². The normalized spacial score (nSPS) is 13.0. The number of nitrogens with zero attached hydrogens (tertiary/aromatic N) is 1. The van der Waals surface area contributed by atoms with Crippen LogP contribution in [0, 0.1) is 0 Å². The lowest BCUT2D eigenvalue weighted by molar-refractivity contribution is 0.407. The van der Waals surface area contributed by atoms with Crippen molar-refractivity contribution in [3.63, 3.8) is 0 Å². The largest absolute Gasteiger partial charge is 0.496 e. The molecule has 0 amide bonds. The minimum absolute atomic E-state index is 0.225. The zero-order valence-corrected chi connectivity index (χ0v) is 14.9. The predicted octanol–water partition coefficient (Wildman–Crippen LogP) is 4.35. The summed E-state index contributed by atoms with van der Waals surface area (Å²) in [6.45, 7) is 7.06. The standard InChI is InChI=1S/C20H27N3O/c1-14(2)16-8-7-9-17(12-16)23-20(21)22-13-15(3)18-10-5-6-11-19(18)24-4/h5-12,14-15H,13H2,1-4H3,(H3,21,22,23). The average molecular weight is 325 g/mol. The van der Waals surface area contributed by atoms with Crippen LogP contribution in [0.5, 0.6) is 5.75 Å². The Labute approximate surface area is 144 Å². The Morgan fingerprint density at radius 2 is 1.88 bits per heavy atom. The van der Waals surface area contributed by atoms with Crippen molar-refractivity contribution in [2.75, 3.05) is 19.0 Å². The molecule has 1 atom stereocenters. The van der Waals surface area contributed by atoms with Crippen LogP contribution in [0.3, 0.4) is 0 Å². The van der Waals surface area contributed by atoms with Gasteiger partial charge in [0.1, 0.15) is 5.75 Å². The number of ether oxygens (including phenoxy) is 1. The van der Waals surface area contributed by atoms with E-state index in [2.05, 4.69) is 49.3 Å². The van der Waals surface area contributed by atoms with Gasteiger partial charge in [-0.15, -0.1) is 0 Å². The first-order valence-corrected chi connectivity index (χ1v) is 8.31. The molecule has 2 rings (SSSR count). The third-order valence-electron chi connectivity index (χ3n) is 4.03. The molecule has 0 spiro atoms. The van der Waals surface area contributed by atoms with E-state index in [9.17, 15) is 0 Å². The maximum Gasteiger partial charge on any atom is 0.193 e. The number of guanidine groups is 1. The van der Waals surface area contributed by atoms with E-state index >= 15 is 0 Å². The lowest BCUT2D eigenvalue weighted by Gasteiger charge is -2.14. The Hall–Kier alpha value is -2.49. The lowest BCUT2D eigenvalue weighted by atomic mass is 10.0. The Kier molecular flexibility index (Phi) is 6.24. The molecule has 3 N–H and O–H groups in total. The lowest BCUT2D eigenvalue weighted by Crippen LogP contribution is -2.23. The summed E-state index contributed by atoms with van der Waals surface area (Å²) in [5.74, 6) is 2.02. The van der Waals surface area contributed by atoms with Crippen molar-refractivity contribution in [2.45, 2.75) is 32.6 Å². The summed E-state index contributed by atoms with van der Waals surface area (Å²) in [4.78, 5) is 4.47. The number of rotatable bonds is 6. The highest BCUT2D eigenvalue weighted by atomic mass is 16.5. The molecule has 0 aliphatic carbocycles. The van der Waals surface area contributed by atoms with E-state index in [0.717, 1.165) is 17.0 Å². The van der Waals surface area contributed by atoms with Gasteiger partial charge in [-0.05, 0) is 35.2 Å². The van der Waals surface area contributed by atoms with E-state index in [0.29, 0.717) is 18.4 Å². The average Bonchev–Trinajstić information content (AvgIpc) is 2.59. The van der Waals surface area contributed by atoms with Crippen LogP contribution in [-0.2, 0) is 0 Å². The molecule has 2 aromatic carbocycles. The van der Waals surface area contributed by atoms with Crippen molar-refractivity contribution < 1.29 is 4.74 Å². The molecule has 0 aliphatic rings. The van der Waals surface area contributed by atoms with Crippen LogP contribution in [-0.4, -0.2) is 19.6 Å². The number of nitrogens with two attached hydrogens (primary N) is 1. The van der Waals surface area contributed by atoms with Crippen LogP contribution in [0.2, 0.25) is 0 Å². The van der Waals surface area contributed by atoms with Gasteiger partial charge in [0, 0.05) is 18.2 Å². The van der Waals surface area contributed by atoms with E-state index in [4.69, 9.17) is 10.5 Å². The van der Waals surface area contributed by atoms with E-state index in [1.165, 1.54) is 5.56 Å². The number of hydrogen-bond donors (Lipinski definition) is 2. The summed E-state index contributed by atoms with van der Waals surface area (Å²) in [5, 5.41) is 3.17. The number of aliphatic imine (C=N–C) groups is 1. The highest BCUT2D eigenvalue weighted by Gasteiger charge is 2.10. The van der Waals surface area contributed by atoms with Gasteiger partial charge in [0.15, 0.2) is 5.96 Å². The van der Waals surface area contributed by atoms with Crippen LogP contribution in [0.25, 0.3) is 0 Å². The molecule has 128 valence electrons. The Morgan fingerprint density at radius 1 is 1.12 bits per heavy atom. The van der Waals surface area contributed by atoms with Crippen molar-refractivity contribution in [3.05, 3.63) is 59.7 Å². The van der Waals surface area contributed by atoms with Gasteiger partial charge in [0.2, 0.25) is 0 Å². The molecule has 0 saturated heterocycles. The quantitative estimate of drug-likeness (QED) is 0.613. The van der Waals surface area contributed by atoms with Crippen molar-refractivity contribution in [2.24, 2.45) is 10.7 Å². The SMILES string of the molecule is COc1ccccc1C(C)CN=C(N)Nc1cccc(C(C)C)c1. The van der Waals surface area contributed by atoms with E-state index in [-0.39, 0.29) is 5.92 Å². The first-order valence-electron chi connectivity index (χ1n) is 8.31. The summed E-state index contributed by atoms with van der Waals surface area (Å²) in [5.41, 5.74) is 9.41. The van der Waals surface area contributed by atoms with E-state index < -0.39 is 0 Å². The second-order valence-corrected chi connectivity index (χ2v) is 6.27. The molecule has 4 heteroatoms. The molecule has 0 fully saturated rings. The van der Waals surface area contributed by atoms with Crippen LogP contribution < -0.4 is 15.8 Å². The topological polar surface area (TPSA) is 59.6 Å². The Morgan fingerprint density at radius 3 is 2.58 bits per heavy atom. The second-order valence-electron chi connectivity index (χ2n) is 6.27. The predicted molar refractivity (Wildman–Crippen MR) is 102 cm³/mol. The maximum atomic E-state index is 6.04. The van der Waals surface area contributed by atoms with Crippen molar-refractivity contribution in [3.8, 4) is 5.75 Å². The van der Waals surface area contributed by atoms with Crippen molar-refractivity contribution >= 4 is 11.6 Å². The Bertz CT molecular complexity index is 695. The molecule has 1 unspecified atom stereocenters. The van der Waals surface area contributed by atoms with Gasteiger partial charge in [-0.3, -0.25) is 4.99 Å². The van der Waals surface area contributed by atoms with Crippen molar-refractivity contribution in [1.29, 1.82) is 0 Å². The smallest absolute Gasteiger partial charge is 0.193 e. The fourth-order valence-corrected chi connectivity index (χ4v) is 2.57. The molecule has 2 aromatic rings. The van der Waals surface area contributed by atoms with Gasteiger partial charge in [0.05, 0.1) is 7.11 Å². The monoisotopic (exact) mass is 325 g/mol. The fourth-order valence-electron chi connectivity index (χ4n) is 2.57. The number of nitrogens with one attached hydrogen (secondary N) is 1. The summed E-state index contributed by atoms with van der Waals surface area (Å²) in [6.07, 6.45) is 0. The summed E-state index contributed by atoms with van der Waals surface area (Å²) >= 11 is 0. The molecular weight excluding hydrogens is 298 g/mol. The summed E-state index contributed by atoms with van der Waals surface area (Å²) in [6, 6.07) is 16.3. The zero-order chi connectivity index (χ0) is 17.5. The third kappa shape index (κ3) is 4.75. The minimum atomic E-state index is 0.225. The first-order chi connectivity index (χ1) is 11.5. The van der Waals surface area contributed by atoms with Gasteiger partial charge in [-0.25, -0.2) is 0 Å². The number of para-hydroxylation sites is 1. The Balaban J connectivity index is 2.02. The third-order valence-corrected chi connectivity index (χ3v) is 4.03. The molecular formula is C20H27N3O. The summed E-state index contributed by atoms with van der Waals surface area (Å²) < 4.78 is 5.41. The fraction of sp³-hybridized carbons (Fsp3) is 0.350. The van der Waals surface area contributed by atoms with Gasteiger partial charge in [0.25, 0.3) is 0 Å². The molecule has 0 aliphatic heterocycles. The summed E-state index contributed by atoms with van der Waals surface area (Å²) in [7, 11) is 1.69. The van der Waals surface area contributed by atoms with Gasteiger partial charge < -0.3 is 15.8 Å². The van der Waals surface area contributed by atoms with E-state index in [1.54, 1.807) is 7.11 Å². The van der Waals surface area contributed by atoms with Gasteiger partial charge >= 0.3 is 0 Å². The first kappa shape index (κ1) is 17.9. The number of methoxy groups -OCH3 is 1. The highest BCUT2D eigenvalue weighted by Crippen LogP contribution is 2.26. The van der Waals surface area contributed by atoms with Crippen molar-refractivity contribution in [1.82, 2.24) is 0 Å². The number of hydrogen-bond acceptors (Lipinski definition) is 2. The van der Waals surface area contributed by atoms with Gasteiger partial charge in [-0.1, -0.05) is 51.1 Å². The van der Waals surface area contributed by atoms with Crippen LogP contribution in [0.1, 0.15) is 43.7 Å². The molecule has 0 aromatic heterocycles. The van der Waals surface area contributed by atoms with Crippen LogP contribution in [0.15, 0.2) is 53.5 Å². The van der Waals surface area contributed by atoms with E-state index in [1.807, 2.05) is 30.3 Å². The molecule has 0 radical (unpaired) electrons. The number of benzene rings is 2. The van der Waals surface area contributed by atoms with Crippen LogP contribution >= 0.6 is 0 Å². The molecule has 4 nitrogen and oxygen atoms in total. The highest BCUT2D eigenvalue weighted by molar-refractivity contribution is 5.92.